The molecular weight excluding hydrogens is 448 g/mol. The average molecular weight is 471 g/mol. The van der Waals surface area contributed by atoms with Crippen molar-refractivity contribution < 1.29 is 18.7 Å². The Balaban J connectivity index is 1.22. The van der Waals surface area contributed by atoms with Crippen LogP contribution in [-0.4, -0.2) is 22.5 Å². The van der Waals surface area contributed by atoms with E-state index in [1.807, 2.05) is 66.7 Å². The molecule has 0 aliphatic carbocycles. The molecule has 0 spiro atoms. The second kappa shape index (κ2) is 9.89. The van der Waals surface area contributed by atoms with Gasteiger partial charge in [-0.3, -0.25) is 9.59 Å². The van der Waals surface area contributed by atoms with Crippen LogP contribution >= 0.6 is 11.8 Å². The SMILES string of the molecule is O=C(Nc1ccc(Oc2ccccc2)cc1)c1ccc([C@H]2SCC(=O)N2Cc2ccco2)cc1. The standard InChI is InChI=1S/C27H22N2O4S/c30-25-18-34-27(29(25)17-24-7-4-16-32-24)20-10-8-19(9-11-20)26(31)28-21-12-14-23(15-13-21)33-22-5-2-1-3-6-22/h1-16,27H,17-18H2,(H,28,31)/t27-/m1/s1. The summed E-state index contributed by atoms with van der Waals surface area (Å²) < 4.78 is 11.2. The molecule has 4 aromatic rings. The number of hydrogen-bond acceptors (Lipinski definition) is 5. The molecule has 0 bridgehead atoms. The van der Waals surface area contributed by atoms with Gasteiger partial charge in [-0.15, -0.1) is 11.8 Å². The normalized spacial score (nSPS) is 15.4. The van der Waals surface area contributed by atoms with Crippen LogP contribution < -0.4 is 10.1 Å². The Morgan fingerprint density at radius 2 is 1.68 bits per heavy atom. The zero-order valence-electron chi connectivity index (χ0n) is 18.2. The van der Waals surface area contributed by atoms with Crippen molar-refractivity contribution in [2.45, 2.75) is 11.9 Å². The smallest absolute Gasteiger partial charge is 0.255 e. The summed E-state index contributed by atoms with van der Waals surface area (Å²) in [5, 5.41) is 2.80. The van der Waals surface area contributed by atoms with Crippen LogP contribution in [0.5, 0.6) is 11.5 Å². The van der Waals surface area contributed by atoms with Gasteiger partial charge in [-0.2, -0.15) is 0 Å². The number of anilines is 1. The molecule has 0 unspecified atom stereocenters. The lowest BCUT2D eigenvalue weighted by Crippen LogP contribution is -2.27. The van der Waals surface area contributed by atoms with Gasteiger partial charge in [0.1, 0.15) is 22.6 Å². The van der Waals surface area contributed by atoms with E-state index in [-0.39, 0.29) is 17.2 Å². The first-order chi connectivity index (χ1) is 16.7. The number of furan rings is 1. The van der Waals surface area contributed by atoms with Crippen molar-refractivity contribution in [1.29, 1.82) is 0 Å². The van der Waals surface area contributed by atoms with Crippen molar-refractivity contribution in [1.82, 2.24) is 4.90 Å². The van der Waals surface area contributed by atoms with E-state index in [2.05, 4.69) is 5.32 Å². The number of rotatable bonds is 7. The van der Waals surface area contributed by atoms with Crippen LogP contribution in [0, 0.1) is 0 Å². The van der Waals surface area contributed by atoms with E-state index in [1.165, 1.54) is 0 Å². The molecule has 1 fully saturated rings. The Hall–Kier alpha value is -3.97. The lowest BCUT2D eigenvalue weighted by molar-refractivity contribution is -0.128. The molecule has 170 valence electrons. The highest BCUT2D eigenvalue weighted by Crippen LogP contribution is 2.39. The summed E-state index contributed by atoms with van der Waals surface area (Å²) in [7, 11) is 0. The second-order valence-corrected chi connectivity index (χ2v) is 8.85. The quantitative estimate of drug-likeness (QED) is 0.353. The third-order valence-corrected chi connectivity index (χ3v) is 6.68. The summed E-state index contributed by atoms with van der Waals surface area (Å²) in [6.07, 6.45) is 1.61. The Bertz CT molecular complexity index is 1260. The van der Waals surface area contributed by atoms with Gasteiger partial charge in [0.15, 0.2) is 0 Å². The Labute approximate surface area is 201 Å². The lowest BCUT2D eigenvalue weighted by atomic mass is 10.1. The molecule has 1 aliphatic heterocycles. The van der Waals surface area contributed by atoms with Crippen molar-refractivity contribution in [2.24, 2.45) is 0 Å². The summed E-state index contributed by atoms with van der Waals surface area (Å²) in [5.74, 6) is 2.49. The molecule has 5 rings (SSSR count). The number of amides is 2. The highest BCUT2D eigenvalue weighted by Gasteiger charge is 2.33. The van der Waals surface area contributed by atoms with Crippen LogP contribution in [0.4, 0.5) is 5.69 Å². The van der Waals surface area contributed by atoms with Crippen LogP contribution in [0.15, 0.2) is 102 Å². The molecule has 0 saturated carbocycles. The first-order valence-electron chi connectivity index (χ1n) is 10.8. The molecule has 2 amide bonds. The van der Waals surface area contributed by atoms with Gasteiger partial charge in [0, 0.05) is 11.3 Å². The fourth-order valence-electron chi connectivity index (χ4n) is 3.70. The third-order valence-electron chi connectivity index (χ3n) is 5.42. The predicted molar refractivity (Wildman–Crippen MR) is 132 cm³/mol. The number of carbonyl (C=O) groups is 2. The van der Waals surface area contributed by atoms with Gasteiger partial charge in [-0.05, 0) is 66.2 Å². The van der Waals surface area contributed by atoms with E-state index in [9.17, 15) is 9.59 Å². The first kappa shape index (κ1) is 21.9. The van der Waals surface area contributed by atoms with Crippen LogP contribution in [0.2, 0.25) is 0 Å². The summed E-state index contributed by atoms with van der Waals surface area (Å²) in [6.45, 7) is 0.426. The minimum Gasteiger partial charge on any atom is -0.467 e. The van der Waals surface area contributed by atoms with E-state index < -0.39 is 0 Å². The van der Waals surface area contributed by atoms with E-state index in [0.29, 0.717) is 29.3 Å². The molecule has 1 N–H and O–H groups in total. The highest BCUT2D eigenvalue weighted by molar-refractivity contribution is 8.00. The number of thioether (sulfide) groups is 1. The van der Waals surface area contributed by atoms with Crippen molar-refractivity contribution in [3.05, 3.63) is 114 Å². The summed E-state index contributed by atoms with van der Waals surface area (Å²) in [4.78, 5) is 26.9. The fraction of sp³-hybridized carbons (Fsp3) is 0.111. The average Bonchev–Trinajstić information content (AvgIpc) is 3.51. The van der Waals surface area contributed by atoms with Crippen LogP contribution in [0.3, 0.4) is 0 Å². The molecule has 1 aromatic heterocycles. The van der Waals surface area contributed by atoms with E-state index in [1.54, 1.807) is 47.2 Å². The van der Waals surface area contributed by atoms with Gasteiger partial charge in [0.25, 0.3) is 5.91 Å². The second-order valence-electron chi connectivity index (χ2n) is 7.78. The molecule has 2 heterocycles. The zero-order valence-corrected chi connectivity index (χ0v) is 19.0. The molecule has 0 radical (unpaired) electrons. The van der Waals surface area contributed by atoms with Gasteiger partial charge in [0.2, 0.25) is 5.91 Å². The van der Waals surface area contributed by atoms with Gasteiger partial charge in [-0.25, -0.2) is 0 Å². The fourth-order valence-corrected chi connectivity index (χ4v) is 4.89. The molecule has 1 aliphatic rings. The number of benzene rings is 3. The number of ether oxygens (including phenoxy) is 1. The maximum absolute atomic E-state index is 12.7. The van der Waals surface area contributed by atoms with Gasteiger partial charge in [0.05, 0.1) is 18.6 Å². The first-order valence-corrected chi connectivity index (χ1v) is 11.9. The van der Waals surface area contributed by atoms with Crippen LogP contribution in [0.25, 0.3) is 0 Å². The van der Waals surface area contributed by atoms with Crippen molar-refractivity contribution in [3.8, 4) is 11.5 Å². The zero-order chi connectivity index (χ0) is 23.3. The number of para-hydroxylation sites is 1. The molecular formula is C27H22N2O4S. The third kappa shape index (κ3) is 5.00. The topological polar surface area (TPSA) is 71.8 Å². The molecule has 1 saturated heterocycles. The number of nitrogens with one attached hydrogen (secondary N) is 1. The maximum atomic E-state index is 12.7. The van der Waals surface area contributed by atoms with E-state index in [4.69, 9.17) is 9.15 Å². The van der Waals surface area contributed by atoms with E-state index >= 15 is 0 Å². The van der Waals surface area contributed by atoms with Crippen molar-refractivity contribution in [3.63, 3.8) is 0 Å². The molecule has 6 nitrogen and oxygen atoms in total. The monoisotopic (exact) mass is 470 g/mol. The highest BCUT2D eigenvalue weighted by atomic mass is 32.2. The molecule has 3 aromatic carbocycles. The Morgan fingerprint density at radius 3 is 2.38 bits per heavy atom. The maximum Gasteiger partial charge on any atom is 0.255 e. The Kier molecular flexibility index (Phi) is 6.35. The van der Waals surface area contributed by atoms with Crippen LogP contribution in [0.1, 0.15) is 27.1 Å². The Morgan fingerprint density at radius 1 is 0.941 bits per heavy atom. The van der Waals surface area contributed by atoms with Crippen molar-refractivity contribution >= 4 is 29.3 Å². The molecule has 1 atom stereocenters. The van der Waals surface area contributed by atoms with Crippen LogP contribution in [-0.2, 0) is 11.3 Å². The van der Waals surface area contributed by atoms with E-state index in [0.717, 1.165) is 17.1 Å². The largest absolute Gasteiger partial charge is 0.467 e. The minimum absolute atomic E-state index is 0.0768. The summed E-state index contributed by atoms with van der Waals surface area (Å²) in [6, 6.07) is 27.8. The predicted octanol–water partition coefficient (Wildman–Crippen LogP) is 6.10. The van der Waals surface area contributed by atoms with Gasteiger partial charge in [-0.1, -0.05) is 30.3 Å². The molecule has 7 heteroatoms. The number of nitrogens with zero attached hydrogens (tertiary/aromatic N) is 1. The number of hydrogen-bond donors (Lipinski definition) is 1. The lowest BCUT2D eigenvalue weighted by Gasteiger charge is -2.23. The summed E-state index contributed by atoms with van der Waals surface area (Å²) >= 11 is 1.57. The summed E-state index contributed by atoms with van der Waals surface area (Å²) in [5.41, 5.74) is 2.19. The van der Waals surface area contributed by atoms with Crippen molar-refractivity contribution in [2.75, 3.05) is 11.1 Å². The molecule has 34 heavy (non-hydrogen) atoms. The van der Waals surface area contributed by atoms with Gasteiger partial charge >= 0.3 is 0 Å². The number of carbonyl (C=O) groups excluding carboxylic acids is 2. The van der Waals surface area contributed by atoms with Gasteiger partial charge < -0.3 is 19.4 Å². The minimum atomic E-state index is -0.203.